The summed E-state index contributed by atoms with van der Waals surface area (Å²) in [6, 6.07) is 0.607. The maximum Gasteiger partial charge on any atom is 0.0779 e. The van der Waals surface area contributed by atoms with Crippen molar-refractivity contribution in [1.82, 2.24) is 5.32 Å². The van der Waals surface area contributed by atoms with E-state index in [1.807, 2.05) is 0 Å². The summed E-state index contributed by atoms with van der Waals surface area (Å²) in [4.78, 5) is 0. The van der Waals surface area contributed by atoms with E-state index in [4.69, 9.17) is 9.47 Å². The van der Waals surface area contributed by atoms with Crippen LogP contribution in [0.1, 0.15) is 40.0 Å². The van der Waals surface area contributed by atoms with Crippen molar-refractivity contribution in [2.75, 3.05) is 19.8 Å². The lowest BCUT2D eigenvalue weighted by atomic mass is 9.57. The van der Waals surface area contributed by atoms with Gasteiger partial charge in [0.25, 0.3) is 0 Å². The second-order valence-electron chi connectivity index (χ2n) is 6.83. The van der Waals surface area contributed by atoms with Gasteiger partial charge in [0, 0.05) is 37.1 Å². The van der Waals surface area contributed by atoms with Gasteiger partial charge in [-0.1, -0.05) is 13.8 Å². The zero-order valence-corrected chi connectivity index (χ0v) is 11.3. The monoisotopic (exact) mass is 239 g/mol. The Hall–Kier alpha value is -0.120. The molecule has 3 fully saturated rings. The molecule has 0 aromatic heterocycles. The second-order valence-corrected chi connectivity index (χ2v) is 6.83. The molecule has 4 unspecified atom stereocenters. The van der Waals surface area contributed by atoms with Crippen molar-refractivity contribution in [2.45, 2.75) is 57.8 Å². The van der Waals surface area contributed by atoms with Crippen LogP contribution in [0.15, 0.2) is 0 Å². The lowest BCUT2D eigenvalue weighted by molar-refractivity contribution is -0.117. The van der Waals surface area contributed by atoms with Gasteiger partial charge in [-0.05, 0) is 26.2 Å². The van der Waals surface area contributed by atoms with Gasteiger partial charge < -0.3 is 14.8 Å². The molecule has 4 atom stereocenters. The minimum atomic E-state index is 0.0701. The van der Waals surface area contributed by atoms with Gasteiger partial charge in [0.05, 0.1) is 11.7 Å². The van der Waals surface area contributed by atoms with Gasteiger partial charge in [0.15, 0.2) is 0 Å². The van der Waals surface area contributed by atoms with Crippen molar-refractivity contribution in [3.63, 3.8) is 0 Å². The zero-order valence-electron chi connectivity index (χ0n) is 11.3. The van der Waals surface area contributed by atoms with E-state index >= 15 is 0 Å². The molecule has 1 saturated carbocycles. The van der Waals surface area contributed by atoms with Crippen molar-refractivity contribution >= 4 is 0 Å². The predicted molar refractivity (Wildman–Crippen MR) is 67.0 cm³/mol. The molecule has 2 saturated heterocycles. The third-order valence-corrected chi connectivity index (χ3v) is 5.10. The van der Waals surface area contributed by atoms with Crippen LogP contribution in [-0.4, -0.2) is 37.5 Å². The molecule has 3 heteroatoms. The molecule has 3 rings (SSSR count). The minimum absolute atomic E-state index is 0.0701. The first kappa shape index (κ1) is 11.9. The van der Waals surface area contributed by atoms with Gasteiger partial charge in [0.1, 0.15) is 0 Å². The molecule has 1 aliphatic carbocycles. The SMILES string of the molecule is CC1(CNC2C3CCOC3C2(C)C)CCCO1. The fraction of sp³-hybridized carbons (Fsp3) is 1.00. The third kappa shape index (κ3) is 1.83. The molecule has 0 aromatic rings. The van der Waals surface area contributed by atoms with Crippen LogP contribution in [0.5, 0.6) is 0 Å². The first-order valence-corrected chi connectivity index (χ1v) is 7.02. The van der Waals surface area contributed by atoms with E-state index in [-0.39, 0.29) is 11.0 Å². The number of rotatable bonds is 3. The predicted octanol–water partition coefficient (Wildman–Crippen LogP) is 1.96. The Morgan fingerprint density at radius 2 is 2.06 bits per heavy atom. The van der Waals surface area contributed by atoms with Gasteiger partial charge in [-0.3, -0.25) is 0 Å². The van der Waals surface area contributed by atoms with E-state index in [2.05, 4.69) is 26.1 Å². The Morgan fingerprint density at radius 3 is 2.76 bits per heavy atom. The van der Waals surface area contributed by atoms with Crippen LogP contribution in [0.2, 0.25) is 0 Å². The van der Waals surface area contributed by atoms with Crippen molar-refractivity contribution in [1.29, 1.82) is 0 Å². The van der Waals surface area contributed by atoms with Crippen LogP contribution in [0.4, 0.5) is 0 Å². The average Bonchev–Trinajstić information content (AvgIpc) is 2.86. The van der Waals surface area contributed by atoms with E-state index < -0.39 is 0 Å². The molecule has 1 N–H and O–H groups in total. The second kappa shape index (κ2) is 3.94. The lowest BCUT2D eigenvalue weighted by Crippen LogP contribution is -2.67. The van der Waals surface area contributed by atoms with Gasteiger partial charge >= 0.3 is 0 Å². The van der Waals surface area contributed by atoms with E-state index in [0.717, 1.165) is 25.7 Å². The lowest BCUT2D eigenvalue weighted by Gasteiger charge is -2.55. The molecule has 0 bridgehead atoms. The highest BCUT2D eigenvalue weighted by Gasteiger charge is 2.59. The molecule has 2 heterocycles. The van der Waals surface area contributed by atoms with Gasteiger partial charge in [-0.25, -0.2) is 0 Å². The van der Waals surface area contributed by atoms with Gasteiger partial charge in [0.2, 0.25) is 0 Å². The molecule has 3 nitrogen and oxygen atoms in total. The number of fused-ring (bicyclic) bond motifs is 1. The maximum absolute atomic E-state index is 5.85. The molecule has 98 valence electrons. The molecule has 0 radical (unpaired) electrons. The highest BCUT2D eigenvalue weighted by atomic mass is 16.5. The molecule has 0 spiro atoms. The smallest absolute Gasteiger partial charge is 0.0779 e. The summed E-state index contributed by atoms with van der Waals surface area (Å²) >= 11 is 0. The third-order valence-electron chi connectivity index (χ3n) is 5.10. The van der Waals surface area contributed by atoms with Gasteiger partial charge in [-0.2, -0.15) is 0 Å². The Kier molecular flexibility index (Phi) is 2.77. The van der Waals surface area contributed by atoms with Crippen LogP contribution in [0.3, 0.4) is 0 Å². The number of ether oxygens (including phenoxy) is 2. The Balaban J connectivity index is 1.58. The Labute approximate surface area is 104 Å². The fourth-order valence-corrected chi connectivity index (χ4v) is 4.04. The number of nitrogens with one attached hydrogen (secondary N) is 1. The van der Waals surface area contributed by atoms with Crippen LogP contribution < -0.4 is 5.32 Å². The number of hydrogen-bond acceptors (Lipinski definition) is 3. The largest absolute Gasteiger partial charge is 0.377 e. The summed E-state index contributed by atoms with van der Waals surface area (Å²) in [7, 11) is 0. The van der Waals surface area contributed by atoms with E-state index in [1.165, 1.54) is 19.3 Å². The summed E-state index contributed by atoms with van der Waals surface area (Å²) in [6.45, 7) is 9.77. The quantitative estimate of drug-likeness (QED) is 0.816. The molecule has 0 aromatic carbocycles. The number of hydrogen-bond donors (Lipinski definition) is 1. The molecule has 3 aliphatic rings. The molecular weight excluding hydrogens is 214 g/mol. The van der Waals surface area contributed by atoms with Crippen LogP contribution in [0, 0.1) is 11.3 Å². The summed E-state index contributed by atoms with van der Waals surface area (Å²) < 4.78 is 11.7. The molecular formula is C14H25NO2. The highest BCUT2D eigenvalue weighted by molar-refractivity contribution is 5.11. The minimum Gasteiger partial charge on any atom is -0.377 e. The first-order valence-electron chi connectivity index (χ1n) is 7.02. The van der Waals surface area contributed by atoms with Gasteiger partial charge in [-0.15, -0.1) is 0 Å². The van der Waals surface area contributed by atoms with E-state index in [9.17, 15) is 0 Å². The summed E-state index contributed by atoms with van der Waals surface area (Å²) in [5, 5.41) is 3.76. The summed E-state index contributed by atoms with van der Waals surface area (Å²) in [5.41, 5.74) is 0.358. The summed E-state index contributed by atoms with van der Waals surface area (Å²) in [6.07, 6.45) is 4.11. The fourth-order valence-electron chi connectivity index (χ4n) is 4.04. The molecule has 0 amide bonds. The van der Waals surface area contributed by atoms with E-state index in [0.29, 0.717) is 12.1 Å². The van der Waals surface area contributed by atoms with Crippen molar-refractivity contribution in [3.05, 3.63) is 0 Å². The van der Waals surface area contributed by atoms with Crippen molar-refractivity contribution in [2.24, 2.45) is 11.3 Å². The zero-order chi connectivity index (χ0) is 12.1. The van der Waals surface area contributed by atoms with Crippen molar-refractivity contribution < 1.29 is 9.47 Å². The Bertz CT molecular complexity index is 297. The van der Waals surface area contributed by atoms with E-state index in [1.54, 1.807) is 0 Å². The Morgan fingerprint density at radius 1 is 1.24 bits per heavy atom. The topological polar surface area (TPSA) is 30.5 Å². The average molecular weight is 239 g/mol. The highest BCUT2D eigenvalue weighted by Crippen LogP contribution is 2.52. The van der Waals surface area contributed by atoms with Crippen molar-refractivity contribution in [3.8, 4) is 0 Å². The summed E-state index contributed by atoms with van der Waals surface area (Å²) in [5.74, 6) is 0.731. The van der Waals surface area contributed by atoms with Crippen LogP contribution in [-0.2, 0) is 9.47 Å². The normalized spacial score (nSPS) is 47.8. The van der Waals surface area contributed by atoms with Crippen LogP contribution in [0.25, 0.3) is 0 Å². The molecule has 17 heavy (non-hydrogen) atoms. The molecule has 2 aliphatic heterocycles. The van der Waals surface area contributed by atoms with Crippen LogP contribution >= 0.6 is 0 Å². The maximum atomic E-state index is 5.85. The first-order chi connectivity index (χ1) is 8.03. The standard InChI is InChI=1S/C14H25NO2/c1-13(2)11(10-5-8-16-12(10)13)15-9-14(3)6-4-7-17-14/h10-12,15H,4-9H2,1-3H3.